The van der Waals surface area contributed by atoms with Crippen molar-refractivity contribution in [1.29, 1.82) is 0 Å². The summed E-state index contributed by atoms with van der Waals surface area (Å²) in [5.74, 6) is -0.289. The third kappa shape index (κ3) is 2.74. The highest BCUT2D eigenvalue weighted by Crippen LogP contribution is 2.23. The quantitative estimate of drug-likeness (QED) is 0.943. The molecule has 1 unspecified atom stereocenters. The smallest absolute Gasteiger partial charge is 0.254 e. The molecule has 1 heterocycles. The molecule has 0 saturated heterocycles. The number of nitrogens with zero attached hydrogens (tertiary/aromatic N) is 1. The van der Waals surface area contributed by atoms with E-state index in [9.17, 15) is 9.18 Å². The van der Waals surface area contributed by atoms with Crippen molar-refractivity contribution in [3.05, 3.63) is 70.5 Å². The third-order valence-corrected chi connectivity index (χ3v) is 4.34. The molecular weight excluding hydrogens is 279 g/mol. The molecule has 1 aliphatic heterocycles. The summed E-state index contributed by atoms with van der Waals surface area (Å²) in [6.07, 6.45) is 0. The first-order valence-electron chi connectivity index (χ1n) is 7.41. The normalized spacial score (nSPS) is 14.5. The predicted octanol–water partition coefficient (Wildman–Crippen LogP) is 3.26. The molecule has 1 aliphatic rings. The second kappa shape index (κ2) is 5.89. The number of nitrogens with one attached hydrogen (secondary N) is 1. The molecule has 1 amide bonds. The molecule has 22 heavy (non-hydrogen) atoms. The Morgan fingerprint density at radius 2 is 1.82 bits per heavy atom. The standard InChI is InChI=1S/C18H19FN2O/c1-12(13-5-7-17(19)8-6-13)21(2)18(22)14-3-4-15-10-20-11-16(15)9-14/h3-9,12,20H,10-11H2,1-2H3. The van der Waals surface area contributed by atoms with Crippen molar-refractivity contribution in [2.75, 3.05) is 7.05 Å². The first-order valence-corrected chi connectivity index (χ1v) is 7.41. The van der Waals surface area contributed by atoms with Crippen molar-refractivity contribution < 1.29 is 9.18 Å². The number of halogens is 1. The number of carbonyl (C=O) groups is 1. The minimum Gasteiger partial charge on any atom is -0.335 e. The van der Waals surface area contributed by atoms with Gasteiger partial charge >= 0.3 is 0 Å². The lowest BCUT2D eigenvalue weighted by molar-refractivity contribution is 0.0742. The Labute approximate surface area is 129 Å². The largest absolute Gasteiger partial charge is 0.335 e. The second-order valence-electron chi connectivity index (χ2n) is 5.73. The summed E-state index contributed by atoms with van der Waals surface area (Å²) in [6, 6.07) is 12.0. The van der Waals surface area contributed by atoms with Crippen LogP contribution in [0.5, 0.6) is 0 Å². The third-order valence-electron chi connectivity index (χ3n) is 4.34. The maximum atomic E-state index is 13.0. The molecule has 0 aliphatic carbocycles. The van der Waals surface area contributed by atoms with Gasteiger partial charge in [-0.05, 0) is 47.9 Å². The van der Waals surface area contributed by atoms with Gasteiger partial charge in [0.1, 0.15) is 5.82 Å². The molecule has 0 saturated carbocycles. The van der Waals surface area contributed by atoms with Gasteiger partial charge in [0.15, 0.2) is 0 Å². The van der Waals surface area contributed by atoms with Gasteiger partial charge in [-0.1, -0.05) is 18.2 Å². The van der Waals surface area contributed by atoms with Crippen LogP contribution in [-0.4, -0.2) is 17.9 Å². The maximum absolute atomic E-state index is 13.0. The van der Waals surface area contributed by atoms with Crippen LogP contribution in [0.15, 0.2) is 42.5 Å². The van der Waals surface area contributed by atoms with E-state index in [4.69, 9.17) is 0 Å². The van der Waals surface area contributed by atoms with E-state index in [-0.39, 0.29) is 17.8 Å². The molecule has 0 spiro atoms. The van der Waals surface area contributed by atoms with Crippen LogP contribution in [0.2, 0.25) is 0 Å². The number of hydrogen-bond donors (Lipinski definition) is 1. The first kappa shape index (κ1) is 14.7. The van der Waals surface area contributed by atoms with Crippen LogP contribution in [0.25, 0.3) is 0 Å². The monoisotopic (exact) mass is 298 g/mol. The van der Waals surface area contributed by atoms with Gasteiger partial charge in [-0.25, -0.2) is 4.39 Å². The summed E-state index contributed by atoms with van der Waals surface area (Å²) in [4.78, 5) is 14.3. The highest BCUT2D eigenvalue weighted by atomic mass is 19.1. The fourth-order valence-electron chi connectivity index (χ4n) is 2.77. The zero-order chi connectivity index (χ0) is 15.7. The van der Waals surface area contributed by atoms with E-state index in [1.807, 2.05) is 25.1 Å². The van der Waals surface area contributed by atoms with E-state index in [1.54, 1.807) is 24.1 Å². The Balaban J connectivity index is 1.80. The number of rotatable bonds is 3. The van der Waals surface area contributed by atoms with Gasteiger partial charge in [0.2, 0.25) is 0 Å². The molecule has 114 valence electrons. The number of amides is 1. The van der Waals surface area contributed by atoms with Crippen LogP contribution in [-0.2, 0) is 13.1 Å². The molecular formula is C18H19FN2O. The molecule has 2 aromatic carbocycles. The summed E-state index contributed by atoms with van der Waals surface area (Å²) in [5, 5.41) is 3.28. The molecule has 3 rings (SSSR count). The molecule has 1 N–H and O–H groups in total. The average molecular weight is 298 g/mol. The number of benzene rings is 2. The number of hydrogen-bond acceptors (Lipinski definition) is 2. The van der Waals surface area contributed by atoms with Crippen LogP contribution in [0, 0.1) is 5.82 Å². The van der Waals surface area contributed by atoms with E-state index in [2.05, 4.69) is 5.32 Å². The Morgan fingerprint density at radius 1 is 1.14 bits per heavy atom. The predicted molar refractivity (Wildman–Crippen MR) is 83.9 cm³/mol. The van der Waals surface area contributed by atoms with E-state index in [0.717, 1.165) is 18.7 Å². The fraction of sp³-hybridized carbons (Fsp3) is 0.278. The van der Waals surface area contributed by atoms with Gasteiger partial charge in [-0.2, -0.15) is 0 Å². The van der Waals surface area contributed by atoms with Crippen molar-refractivity contribution >= 4 is 5.91 Å². The highest BCUT2D eigenvalue weighted by molar-refractivity contribution is 5.94. The minimum atomic E-state index is -0.268. The summed E-state index contributed by atoms with van der Waals surface area (Å²) in [7, 11) is 1.78. The van der Waals surface area contributed by atoms with Crippen LogP contribution >= 0.6 is 0 Å². The lowest BCUT2D eigenvalue weighted by atomic mass is 10.0. The van der Waals surface area contributed by atoms with Gasteiger partial charge in [0, 0.05) is 25.7 Å². The highest BCUT2D eigenvalue weighted by Gasteiger charge is 2.20. The number of carbonyl (C=O) groups excluding carboxylic acids is 1. The van der Waals surface area contributed by atoms with Gasteiger partial charge in [-0.3, -0.25) is 4.79 Å². The van der Waals surface area contributed by atoms with Crippen molar-refractivity contribution in [3.63, 3.8) is 0 Å². The molecule has 2 aromatic rings. The summed E-state index contributed by atoms with van der Waals surface area (Å²) >= 11 is 0. The minimum absolute atomic E-state index is 0.0217. The van der Waals surface area contributed by atoms with Crippen LogP contribution < -0.4 is 5.32 Å². The fourth-order valence-corrected chi connectivity index (χ4v) is 2.77. The summed E-state index contributed by atoms with van der Waals surface area (Å²) in [5.41, 5.74) is 4.05. The zero-order valence-corrected chi connectivity index (χ0v) is 12.8. The Hall–Kier alpha value is -2.20. The van der Waals surface area contributed by atoms with Gasteiger partial charge in [0.25, 0.3) is 5.91 Å². The molecule has 0 radical (unpaired) electrons. The molecule has 0 aromatic heterocycles. The molecule has 0 fully saturated rings. The first-order chi connectivity index (χ1) is 10.6. The molecule has 0 bridgehead atoms. The Bertz CT molecular complexity index is 697. The van der Waals surface area contributed by atoms with E-state index >= 15 is 0 Å². The average Bonchev–Trinajstić information content (AvgIpc) is 3.01. The van der Waals surface area contributed by atoms with Gasteiger partial charge in [-0.15, -0.1) is 0 Å². The molecule has 4 heteroatoms. The van der Waals surface area contributed by atoms with Crippen molar-refractivity contribution in [2.24, 2.45) is 0 Å². The van der Waals surface area contributed by atoms with Gasteiger partial charge in [0.05, 0.1) is 6.04 Å². The lowest BCUT2D eigenvalue weighted by Gasteiger charge is -2.25. The summed E-state index contributed by atoms with van der Waals surface area (Å²) < 4.78 is 13.0. The van der Waals surface area contributed by atoms with Gasteiger partial charge < -0.3 is 10.2 Å². The Morgan fingerprint density at radius 3 is 2.55 bits per heavy atom. The second-order valence-corrected chi connectivity index (χ2v) is 5.73. The lowest BCUT2D eigenvalue weighted by Crippen LogP contribution is -2.29. The van der Waals surface area contributed by atoms with Crippen LogP contribution in [0.3, 0.4) is 0 Å². The van der Waals surface area contributed by atoms with E-state index < -0.39 is 0 Å². The topological polar surface area (TPSA) is 32.3 Å². The Kier molecular flexibility index (Phi) is 3.94. The number of fused-ring (bicyclic) bond motifs is 1. The van der Waals surface area contributed by atoms with Crippen LogP contribution in [0.1, 0.15) is 40.0 Å². The zero-order valence-electron chi connectivity index (χ0n) is 12.8. The van der Waals surface area contributed by atoms with Crippen molar-refractivity contribution in [3.8, 4) is 0 Å². The molecule has 3 nitrogen and oxygen atoms in total. The van der Waals surface area contributed by atoms with Crippen molar-refractivity contribution in [1.82, 2.24) is 10.2 Å². The van der Waals surface area contributed by atoms with E-state index in [1.165, 1.54) is 23.3 Å². The van der Waals surface area contributed by atoms with Crippen molar-refractivity contribution in [2.45, 2.75) is 26.1 Å². The summed E-state index contributed by atoms with van der Waals surface area (Å²) in [6.45, 7) is 3.62. The SMILES string of the molecule is CC(c1ccc(F)cc1)N(C)C(=O)c1ccc2c(c1)CNC2. The maximum Gasteiger partial charge on any atom is 0.254 e. The van der Waals surface area contributed by atoms with Crippen LogP contribution in [0.4, 0.5) is 4.39 Å². The van der Waals surface area contributed by atoms with E-state index in [0.29, 0.717) is 5.56 Å². The molecule has 1 atom stereocenters.